The number of nitrogens with zero attached hydrogens (tertiary/aromatic N) is 1. The minimum atomic E-state index is -0.452. The second-order valence-corrected chi connectivity index (χ2v) is 4.68. The van der Waals surface area contributed by atoms with Crippen LogP contribution in [0.25, 0.3) is 0 Å². The molecule has 0 radical (unpaired) electrons. The first-order valence-electron chi connectivity index (χ1n) is 6.09. The van der Waals surface area contributed by atoms with E-state index in [0.717, 1.165) is 11.3 Å². The van der Waals surface area contributed by atoms with Gasteiger partial charge in [-0.1, -0.05) is 12.1 Å². The molecular formula is C14H17NO3. The Bertz CT molecular complexity index is 494. The van der Waals surface area contributed by atoms with E-state index in [2.05, 4.69) is 0 Å². The number of fused-ring (bicyclic) bond motifs is 1. The zero-order valence-electron chi connectivity index (χ0n) is 10.9. The molecule has 4 heteroatoms. The fourth-order valence-electron chi connectivity index (χ4n) is 2.13. The molecule has 0 atom stereocenters. The van der Waals surface area contributed by atoms with E-state index in [9.17, 15) is 9.59 Å². The predicted molar refractivity (Wildman–Crippen MR) is 69.0 cm³/mol. The van der Waals surface area contributed by atoms with Crippen molar-refractivity contribution in [2.45, 2.75) is 26.9 Å². The average molecular weight is 247 g/mol. The van der Waals surface area contributed by atoms with E-state index < -0.39 is 11.7 Å². The largest absolute Gasteiger partial charge is 0.377 e. The van der Waals surface area contributed by atoms with Crippen molar-refractivity contribution >= 4 is 17.4 Å². The summed E-state index contributed by atoms with van der Waals surface area (Å²) in [7, 11) is 0. The van der Waals surface area contributed by atoms with Crippen LogP contribution in [0.15, 0.2) is 18.2 Å². The number of carbonyl (C=O) groups is 2. The van der Waals surface area contributed by atoms with Crippen molar-refractivity contribution in [1.29, 1.82) is 0 Å². The summed E-state index contributed by atoms with van der Waals surface area (Å²) in [6, 6.07) is 5.40. The maximum Gasteiger partial charge on any atom is 0.299 e. The van der Waals surface area contributed by atoms with Crippen molar-refractivity contribution in [2.24, 2.45) is 0 Å². The topological polar surface area (TPSA) is 46.6 Å². The van der Waals surface area contributed by atoms with Gasteiger partial charge in [0.25, 0.3) is 11.7 Å². The van der Waals surface area contributed by atoms with E-state index in [0.29, 0.717) is 18.7 Å². The lowest BCUT2D eigenvalue weighted by molar-refractivity contribution is -0.114. The van der Waals surface area contributed by atoms with Crippen LogP contribution in [0.3, 0.4) is 0 Å². The van der Waals surface area contributed by atoms with Gasteiger partial charge in [-0.15, -0.1) is 0 Å². The van der Waals surface area contributed by atoms with Crippen LogP contribution in [0.4, 0.5) is 5.69 Å². The zero-order chi connectivity index (χ0) is 13.3. The van der Waals surface area contributed by atoms with E-state index in [4.69, 9.17) is 4.74 Å². The molecule has 0 saturated carbocycles. The Kier molecular flexibility index (Phi) is 3.48. The van der Waals surface area contributed by atoms with Gasteiger partial charge in [-0.3, -0.25) is 9.59 Å². The Hall–Kier alpha value is -1.68. The number of benzene rings is 1. The monoisotopic (exact) mass is 247 g/mol. The number of rotatable bonds is 4. The molecule has 1 aromatic rings. The van der Waals surface area contributed by atoms with Crippen molar-refractivity contribution in [2.75, 3.05) is 18.1 Å². The molecule has 18 heavy (non-hydrogen) atoms. The highest BCUT2D eigenvalue weighted by atomic mass is 16.5. The highest BCUT2D eigenvalue weighted by molar-refractivity contribution is 6.52. The third-order valence-corrected chi connectivity index (χ3v) is 2.96. The van der Waals surface area contributed by atoms with Crippen molar-refractivity contribution in [3.05, 3.63) is 29.3 Å². The summed E-state index contributed by atoms with van der Waals surface area (Å²) in [6.45, 7) is 6.64. The van der Waals surface area contributed by atoms with Gasteiger partial charge in [-0.2, -0.15) is 0 Å². The molecule has 1 aromatic carbocycles. The fourth-order valence-corrected chi connectivity index (χ4v) is 2.13. The number of carbonyl (C=O) groups excluding carboxylic acids is 2. The number of ketones is 1. The molecule has 0 N–H and O–H groups in total. The third kappa shape index (κ3) is 2.16. The van der Waals surface area contributed by atoms with Crippen LogP contribution < -0.4 is 4.90 Å². The standard InChI is InChI=1S/C14H17NO3/c1-9(2)18-8-7-15-12-10(3)5-4-6-11(12)13(16)14(15)17/h4-6,9H,7-8H2,1-3H3. The van der Waals surface area contributed by atoms with Gasteiger partial charge in [0.1, 0.15) is 0 Å². The number of anilines is 1. The molecule has 1 amide bonds. The lowest BCUT2D eigenvalue weighted by Crippen LogP contribution is -2.33. The van der Waals surface area contributed by atoms with Crippen LogP contribution in [0.1, 0.15) is 29.8 Å². The van der Waals surface area contributed by atoms with E-state index in [-0.39, 0.29) is 6.10 Å². The number of para-hydroxylation sites is 1. The molecule has 2 rings (SSSR count). The molecule has 1 aliphatic heterocycles. The maximum absolute atomic E-state index is 11.9. The van der Waals surface area contributed by atoms with E-state index in [1.54, 1.807) is 12.1 Å². The average Bonchev–Trinajstić information content (AvgIpc) is 2.55. The van der Waals surface area contributed by atoms with Crippen LogP contribution in [0.2, 0.25) is 0 Å². The van der Waals surface area contributed by atoms with Crippen LogP contribution in [-0.4, -0.2) is 30.9 Å². The van der Waals surface area contributed by atoms with E-state index >= 15 is 0 Å². The number of ether oxygens (including phenoxy) is 1. The SMILES string of the molecule is Cc1cccc2c1N(CCOC(C)C)C(=O)C2=O. The second kappa shape index (κ2) is 4.90. The molecule has 1 aliphatic rings. The highest BCUT2D eigenvalue weighted by Gasteiger charge is 2.36. The summed E-state index contributed by atoms with van der Waals surface area (Å²) in [6.07, 6.45) is 0.120. The third-order valence-electron chi connectivity index (χ3n) is 2.96. The summed E-state index contributed by atoms with van der Waals surface area (Å²) in [5.41, 5.74) is 2.18. The molecule has 0 aliphatic carbocycles. The fraction of sp³-hybridized carbons (Fsp3) is 0.429. The minimum absolute atomic E-state index is 0.120. The molecule has 0 fully saturated rings. The Morgan fingerprint density at radius 2 is 2.00 bits per heavy atom. The van der Waals surface area contributed by atoms with Gasteiger partial charge in [0, 0.05) is 6.54 Å². The number of Topliss-reactive ketones (excluding diaryl/α,β-unsaturated/α-hetero) is 1. The first kappa shape index (κ1) is 12.8. The minimum Gasteiger partial charge on any atom is -0.377 e. The number of aryl methyl sites for hydroxylation is 1. The number of hydrogen-bond donors (Lipinski definition) is 0. The Labute approximate surface area is 107 Å². The van der Waals surface area contributed by atoms with Gasteiger partial charge < -0.3 is 9.64 Å². The quantitative estimate of drug-likeness (QED) is 0.764. The molecule has 96 valence electrons. The predicted octanol–water partition coefficient (Wildman–Crippen LogP) is 1.95. The highest BCUT2D eigenvalue weighted by Crippen LogP contribution is 2.31. The second-order valence-electron chi connectivity index (χ2n) is 4.68. The van der Waals surface area contributed by atoms with Gasteiger partial charge >= 0.3 is 0 Å². The van der Waals surface area contributed by atoms with Crippen molar-refractivity contribution < 1.29 is 14.3 Å². The van der Waals surface area contributed by atoms with Gasteiger partial charge in [-0.25, -0.2) is 0 Å². The Morgan fingerprint density at radius 1 is 1.28 bits per heavy atom. The molecule has 1 heterocycles. The van der Waals surface area contributed by atoms with Gasteiger partial charge in [0.15, 0.2) is 0 Å². The first-order valence-corrected chi connectivity index (χ1v) is 6.09. The van der Waals surface area contributed by atoms with E-state index in [1.165, 1.54) is 4.90 Å². The summed E-state index contributed by atoms with van der Waals surface area (Å²) < 4.78 is 5.44. The van der Waals surface area contributed by atoms with Gasteiger partial charge in [0.05, 0.1) is 24.0 Å². The van der Waals surface area contributed by atoms with Gasteiger partial charge in [-0.05, 0) is 32.4 Å². The molecule has 0 aromatic heterocycles. The Balaban J connectivity index is 2.23. The van der Waals surface area contributed by atoms with Crippen molar-refractivity contribution in [1.82, 2.24) is 0 Å². The first-order chi connectivity index (χ1) is 8.52. The maximum atomic E-state index is 11.9. The van der Waals surface area contributed by atoms with Crippen LogP contribution in [-0.2, 0) is 9.53 Å². The lowest BCUT2D eigenvalue weighted by atomic mass is 10.1. The zero-order valence-corrected chi connectivity index (χ0v) is 10.9. The van der Waals surface area contributed by atoms with Crippen molar-refractivity contribution in [3.63, 3.8) is 0 Å². The lowest BCUT2D eigenvalue weighted by Gasteiger charge is -2.19. The summed E-state index contributed by atoms with van der Waals surface area (Å²) in [5, 5.41) is 0. The van der Waals surface area contributed by atoms with Crippen LogP contribution >= 0.6 is 0 Å². The number of hydrogen-bond acceptors (Lipinski definition) is 3. The Morgan fingerprint density at radius 3 is 2.67 bits per heavy atom. The normalized spacial score (nSPS) is 14.6. The molecule has 0 bridgehead atoms. The summed E-state index contributed by atoms with van der Waals surface area (Å²) in [4.78, 5) is 25.3. The van der Waals surface area contributed by atoms with Crippen LogP contribution in [0, 0.1) is 6.92 Å². The van der Waals surface area contributed by atoms with Crippen LogP contribution in [0.5, 0.6) is 0 Å². The smallest absolute Gasteiger partial charge is 0.299 e. The summed E-state index contributed by atoms with van der Waals surface area (Å²) >= 11 is 0. The molecular weight excluding hydrogens is 230 g/mol. The molecule has 0 spiro atoms. The molecule has 0 unspecified atom stereocenters. The summed E-state index contributed by atoms with van der Waals surface area (Å²) in [5.74, 6) is -0.870. The van der Waals surface area contributed by atoms with Gasteiger partial charge in [0.2, 0.25) is 0 Å². The molecule has 4 nitrogen and oxygen atoms in total. The van der Waals surface area contributed by atoms with E-state index in [1.807, 2.05) is 26.8 Å². The number of amides is 1. The molecule has 0 saturated heterocycles. The van der Waals surface area contributed by atoms with Crippen molar-refractivity contribution in [3.8, 4) is 0 Å².